The molecule has 93 valence electrons. The van der Waals surface area contributed by atoms with Crippen molar-refractivity contribution in [2.75, 3.05) is 0 Å². The molecule has 3 nitrogen and oxygen atoms in total. The van der Waals surface area contributed by atoms with Gasteiger partial charge in [-0.1, -0.05) is 32.9 Å². The Morgan fingerprint density at radius 3 is 2.24 bits per heavy atom. The highest BCUT2D eigenvalue weighted by molar-refractivity contribution is 5.75. The van der Waals surface area contributed by atoms with Crippen molar-refractivity contribution >= 4 is 5.97 Å². The zero-order chi connectivity index (χ0) is 13.4. The summed E-state index contributed by atoms with van der Waals surface area (Å²) >= 11 is 0. The van der Waals surface area contributed by atoms with Crippen LogP contribution in [0.4, 0.5) is 0 Å². The molecule has 1 atom stereocenters. The van der Waals surface area contributed by atoms with Crippen molar-refractivity contribution in [2.24, 2.45) is 0 Å². The maximum absolute atomic E-state index is 10.9. The van der Waals surface area contributed by atoms with E-state index in [9.17, 15) is 15.0 Å². The lowest BCUT2D eigenvalue weighted by atomic mass is 9.82. The Kier molecular flexibility index (Phi) is 3.51. The van der Waals surface area contributed by atoms with Crippen LogP contribution in [0.3, 0.4) is 0 Å². The fourth-order valence-electron chi connectivity index (χ4n) is 1.77. The first-order valence-electron chi connectivity index (χ1n) is 5.69. The number of phenolic OH excluding ortho intramolecular Hbond substituents is 1. The molecule has 0 amide bonds. The van der Waals surface area contributed by atoms with Crippen molar-refractivity contribution in [1.82, 2.24) is 0 Å². The summed E-state index contributed by atoms with van der Waals surface area (Å²) in [7, 11) is 0. The summed E-state index contributed by atoms with van der Waals surface area (Å²) in [6.07, 6.45) is 0. The molecule has 1 rings (SSSR count). The molecule has 0 spiro atoms. The second-order valence-electron chi connectivity index (χ2n) is 5.52. The maximum atomic E-state index is 10.9. The SMILES string of the molecule is Cc1cc(C(C)C([O])=O)cc(C(C)(C)C)c1O. The minimum atomic E-state index is -1.10. The van der Waals surface area contributed by atoms with Gasteiger partial charge in [0, 0.05) is 0 Å². The largest absolute Gasteiger partial charge is 0.507 e. The predicted molar refractivity (Wildman–Crippen MR) is 65.7 cm³/mol. The molecule has 0 heterocycles. The van der Waals surface area contributed by atoms with Crippen LogP contribution < -0.4 is 0 Å². The number of phenols is 1. The molecule has 1 unspecified atom stereocenters. The van der Waals surface area contributed by atoms with Crippen LogP contribution in [0.2, 0.25) is 0 Å². The van der Waals surface area contributed by atoms with Crippen molar-refractivity contribution < 1.29 is 15.0 Å². The molecule has 0 bridgehead atoms. The van der Waals surface area contributed by atoms with Crippen molar-refractivity contribution in [3.05, 3.63) is 28.8 Å². The van der Waals surface area contributed by atoms with E-state index in [1.807, 2.05) is 20.8 Å². The third kappa shape index (κ3) is 2.78. The van der Waals surface area contributed by atoms with Crippen molar-refractivity contribution in [3.63, 3.8) is 0 Å². The van der Waals surface area contributed by atoms with Crippen LogP contribution in [0.15, 0.2) is 12.1 Å². The number of carbonyl (C=O) groups is 1. The van der Waals surface area contributed by atoms with Gasteiger partial charge in [-0.3, -0.25) is 0 Å². The van der Waals surface area contributed by atoms with E-state index in [1.54, 1.807) is 26.0 Å². The first-order valence-corrected chi connectivity index (χ1v) is 5.69. The van der Waals surface area contributed by atoms with E-state index < -0.39 is 11.9 Å². The number of aryl methyl sites for hydroxylation is 1. The van der Waals surface area contributed by atoms with Gasteiger partial charge < -0.3 is 5.11 Å². The Bertz CT molecular complexity index is 442. The van der Waals surface area contributed by atoms with Gasteiger partial charge in [-0.25, -0.2) is 9.90 Å². The molecule has 0 aromatic heterocycles. The van der Waals surface area contributed by atoms with Crippen molar-refractivity contribution in [2.45, 2.75) is 46.0 Å². The van der Waals surface area contributed by atoms with Crippen LogP contribution in [-0.2, 0) is 15.3 Å². The summed E-state index contributed by atoms with van der Waals surface area (Å²) in [5.74, 6) is -1.53. The fraction of sp³-hybridized carbons (Fsp3) is 0.500. The second kappa shape index (κ2) is 4.40. The molecule has 0 aliphatic carbocycles. The summed E-state index contributed by atoms with van der Waals surface area (Å²) in [6.45, 7) is 9.31. The number of rotatable bonds is 2. The number of carbonyl (C=O) groups excluding carboxylic acids is 1. The molecule has 0 aliphatic rings. The van der Waals surface area contributed by atoms with E-state index in [0.717, 1.165) is 5.56 Å². The van der Waals surface area contributed by atoms with Gasteiger partial charge in [0.05, 0.1) is 5.92 Å². The fourth-order valence-corrected chi connectivity index (χ4v) is 1.77. The Morgan fingerprint density at radius 1 is 1.29 bits per heavy atom. The van der Waals surface area contributed by atoms with E-state index >= 15 is 0 Å². The van der Waals surface area contributed by atoms with E-state index in [-0.39, 0.29) is 11.2 Å². The van der Waals surface area contributed by atoms with Crippen LogP contribution >= 0.6 is 0 Å². The number of hydrogen-bond donors (Lipinski definition) is 1. The summed E-state index contributed by atoms with van der Waals surface area (Å²) in [4.78, 5) is 10.9. The predicted octanol–water partition coefficient (Wildman–Crippen LogP) is 3.06. The maximum Gasteiger partial charge on any atom is 0.362 e. The van der Waals surface area contributed by atoms with Gasteiger partial charge in [0.2, 0.25) is 0 Å². The van der Waals surface area contributed by atoms with Gasteiger partial charge in [-0.15, -0.1) is 0 Å². The molecular formula is C14H19O3. The lowest BCUT2D eigenvalue weighted by Crippen LogP contribution is -2.14. The molecule has 17 heavy (non-hydrogen) atoms. The highest BCUT2D eigenvalue weighted by Gasteiger charge is 2.23. The monoisotopic (exact) mass is 235 g/mol. The Morgan fingerprint density at radius 2 is 1.82 bits per heavy atom. The lowest BCUT2D eigenvalue weighted by molar-refractivity contribution is -0.144. The van der Waals surface area contributed by atoms with Gasteiger partial charge in [-0.2, -0.15) is 0 Å². The molecular weight excluding hydrogens is 216 g/mol. The molecule has 1 radical (unpaired) electrons. The molecule has 0 fully saturated rings. The molecule has 1 aromatic carbocycles. The minimum Gasteiger partial charge on any atom is -0.507 e. The second-order valence-corrected chi connectivity index (χ2v) is 5.52. The van der Waals surface area contributed by atoms with Crippen LogP contribution in [0.5, 0.6) is 5.75 Å². The molecule has 1 N–H and O–H groups in total. The first kappa shape index (κ1) is 13.6. The molecule has 3 heteroatoms. The van der Waals surface area contributed by atoms with Crippen LogP contribution in [0.25, 0.3) is 0 Å². The first-order chi connectivity index (χ1) is 7.64. The van der Waals surface area contributed by atoms with Gasteiger partial charge in [-0.05, 0) is 36.0 Å². The summed E-state index contributed by atoms with van der Waals surface area (Å²) in [6, 6.07) is 3.45. The Hall–Kier alpha value is -1.51. The third-order valence-electron chi connectivity index (χ3n) is 2.98. The topological polar surface area (TPSA) is 57.2 Å². The summed E-state index contributed by atoms with van der Waals surface area (Å²) < 4.78 is 0. The quantitative estimate of drug-likeness (QED) is 0.856. The molecule has 0 saturated heterocycles. The van der Waals surface area contributed by atoms with Gasteiger partial charge in [0.25, 0.3) is 0 Å². The average molecular weight is 235 g/mol. The Labute approximate surface area is 102 Å². The van der Waals surface area contributed by atoms with E-state index in [4.69, 9.17) is 0 Å². The smallest absolute Gasteiger partial charge is 0.362 e. The Balaban J connectivity index is 3.39. The summed E-state index contributed by atoms with van der Waals surface area (Å²) in [5, 5.41) is 20.9. The van der Waals surface area contributed by atoms with Crippen LogP contribution in [0.1, 0.15) is 50.3 Å². The third-order valence-corrected chi connectivity index (χ3v) is 2.98. The zero-order valence-electron chi connectivity index (χ0n) is 11.0. The van der Waals surface area contributed by atoms with Crippen LogP contribution in [0, 0.1) is 6.92 Å². The van der Waals surface area contributed by atoms with Crippen LogP contribution in [-0.4, -0.2) is 11.1 Å². The molecule has 0 saturated carbocycles. The van der Waals surface area contributed by atoms with Crippen molar-refractivity contribution in [1.29, 1.82) is 0 Å². The standard InChI is InChI=1S/C14H19O3/c1-8-6-10(9(2)13(16)17)7-11(12(8)15)14(3,4)5/h6-7,9,15H,1-5H3. The number of benzene rings is 1. The van der Waals surface area contributed by atoms with Crippen molar-refractivity contribution in [3.8, 4) is 5.75 Å². The molecule has 1 aromatic rings. The van der Waals surface area contributed by atoms with Gasteiger partial charge >= 0.3 is 5.97 Å². The highest BCUT2D eigenvalue weighted by Crippen LogP contribution is 2.35. The van der Waals surface area contributed by atoms with Gasteiger partial charge in [0.15, 0.2) is 0 Å². The highest BCUT2D eigenvalue weighted by atomic mass is 16.4. The number of hydrogen-bond acceptors (Lipinski definition) is 2. The minimum absolute atomic E-state index is 0.226. The number of aromatic hydroxyl groups is 1. The normalized spacial score (nSPS) is 13.5. The average Bonchev–Trinajstić information content (AvgIpc) is 2.18. The molecule has 0 aliphatic heterocycles. The van der Waals surface area contributed by atoms with E-state index in [0.29, 0.717) is 11.1 Å². The van der Waals surface area contributed by atoms with E-state index in [1.165, 1.54) is 0 Å². The lowest BCUT2D eigenvalue weighted by Gasteiger charge is -2.23. The van der Waals surface area contributed by atoms with E-state index in [2.05, 4.69) is 0 Å². The van der Waals surface area contributed by atoms with Gasteiger partial charge in [0.1, 0.15) is 5.75 Å². The zero-order valence-corrected chi connectivity index (χ0v) is 11.0. The summed E-state index contributed by atoms with van der Waals surface area (Å²) in [5.41, 5.74) is 1.91.